The molecule has 0 heterocycles. The van der Waals surface area contributed by atoms with E-state index in [1.165, 1.54) is 36.8 Å². The first-order valence-corrected chi connectivity index (χ1v) is 22.3. The SMILES string of the molecule is C=C(C)[C@@H]1CC[C@]2(NC(=O)[C@@H]3C[C@H](NC(=O)OCc4ccccc4)C3(C)C)CC[C@]3(C)[C@H](CC[C@@H]4[C@@]5(C)CC=C(c6ccc(C(=O)O)cc6)C(C)(C)[C@@H]5CC[C@]43C)[C@@H]12. The summed E-state index contributed by atoms with van der Waals surface area (Å²) < 4.78 is 5.54. The number of rotatable bonds is 8. The lowest BCUT2D eigenvalue weighted by molar-refractivity contribution is -0.219. The smallest absolute Gasteiger partial charge is 0.407 e. The van der Waals surface area contributed by atoms with Crippen LogP contribution < -0.4 is 10.6 Å². The van der Waals surface area contributed by atoms with E-state index in [4.69, 9.17) is 4.74 Å². The summed E-state index contributed by atoms with van der Waals surface area (Å²) in [6, 6.07) is 17.1. The standard InChI is InChI=1S/C51H68N2O5/c1-31(2)35-21-26-51(53-43(54)38-29-41(47(38,5)6)52-45(57)58-30-32-13-11-10-12-14-32)28-27-49(8)37(42(35)51)19-20-40-48(7)24-22-36(33-15-17-34(18-16-33)44(55)56)46(3,4)39(48)23-25-50(40,49)9/h10-18,22,35,37-42H,1,19-21,23-30H2,2-9H3,(H,52,57)(H,53,54)(H,55,56)/t35-,37+,38-,39-,40+,41-,42+,48-,49+,50+,51-/m0/s1. The van der Waals surface area contributed by atoms with Gasteiger partial charge in [0.05, 0.1) is 5.56 Å². The molecule has 2 amide bonds. The number of carbonyl (C=O) groups is 3. The van der Waals surface area contributed by atoms with Crippen molar-refractivity contribution in [2.24, 2.45) is 62.6 Å². The van der Waals surface area contributed by atoms with E-state index in [2.05, 4.69) is 78.7 Å². The first-order chi connectivity index (χ1) is 27.3. The number of ether oxygens (including phenoxy) is 1. The number of nitrogens with one attached hydrogen (secondary N) is 2. The molecule has 0 radical (unpaired) electrons. The first kappa shape index (κ1) is 40.9. The van der Waals surface area contributed by atoms with Gasteiger partial charge < -0.3 is 20.5 Å². The zero-order chi connectivity index (χ0) is 41.6. The summed E-state index contributed by atoms with van der Waals surface area (Å²) in [5.74, 6) is 1.48. The molecule has 7 nitrogen and oxygen atoms in total. The molecule has 8 rings (SSSR count). The lowest BCUT2D eigenvalue weighted by Gasteiger charge is -2.72. The average Bonchev–Trinajstić information content (AvgIpc) is 3.55. The normalized spacial score (nSPS) is 39.2. The number of hydrogen-bond acceptors (Lipinski definition) is 4. The van der Waals surface area contributed by atoms with E-state index >= 15 is 0 Å². The van der Waals surface area contributed by atoms with E-state index in [0.29, 0.717) is 41.6 Å². The van der Waals surface area contributed by atoms with Crippen molar-refractivity contribution in [1.82, 2.24) is 10.6 Å². The number of carboxylic acid groups (broad SMARTS) is 1. The van der Waals surface area contributed by atoms with Gasteiger partial charge in [0.2, 0.25) is 5.91 Å². The van der Waals surface area contributed by atoms with E-state index in [-0.39, 0.29) is 57.1 Å². The summed E-state index contributed by atoms with van der Waals surface area (Å²) in [4.78, 5) is 38.9. The molecule has 2 aromatic carbocycles. The van der Waals surface area contributed by atoms with Crippen molar-refractivity contribution >= 4 is 23.5 Å². The van der Waals surface area contributed by atoms with Crippen LogP contribution in [0, 0.1) is 62.6 Å². The van der Waals surface area contributed by atoms with Gasteiger partial charge in [-0.2, -0.15) is 0 Å². The summed E-state index contributed by atoms with van der Waals surface area (Å²) in [6.45, 7) is 24.0. The molecule has 0 aromatic heterocycles. The van der Waals surface area contributed by atoms with E-state index in [0.717, 1.165) is 43.2 Å². The number of carbonyl (C=O) groups excluding carboxylic acids is 2. The van der Waals surface area contributed by atoms with E-state index in [1.807, 2.05) is 42.5 Å². The Morgan fingerprint density at radius 2 is 1.53 bits per heavy atom. The van der Waals surface area contributed by atoms with Crippen molar-refractivity contribution in [2.45, 2.75) is 138 Å². The predicted molar refractivity (Wildman–Crippen MR) is 230 cm³/mol. The molecular weight excluding hydrogens is 721 g/mol. The number of carboxylic acids is 1. The van der Waals surface area contributed by atoms with Gasteiger partial charge >= 0.3 is 12.1 Å². The van der Waals surface area contributed by atoms with Crippen LogP contribution in [0.2, 0.25) is 0 Å². The largest absolute Gasteiger partial charge is 0.478 e. The second kappa shape index (κ2) is 14.1. The number of fused-ring (bicyclic) bond motifs is 7. The van der Waals surface area contributed by atoms with Gasteiger partial charge in [0.25, 0.3) is 0 Å². The van der Waals surface area contributed by atoms with Crippen LogP contribution in [-0.4, -0.2) is 34.7 Å². The third-order valence-corrected chi connectivity index (χ3v) is 18.5. The van der Waals surface area contributed by atoms with Gasteiger partial charge in [-0.25, -0.2) is 9.59 Å². The predicted octanol–water partition coefficient (Wildman–Crippen LogP) is 11.2. The summed E-state index contributed by atoms with van der Waals surface area (Å²) >= 11 is 0. The van der Waals surface area contributed by atoms with Gasteiger partial charge in [-0.15, -0.1) is 0 Å². The number of amides is 2. The Hall–Kier alpha value is -3.87. The van der Waals surface area contributed by atoms with E-state index in [1.54, 1.807) is 12.1 Å². The highest BCUT2D eigenvalue weighted by atomic mass is 16.5. The van der Waals surface area contributed by atoms with E-state index in [9.17, 15) is 19.5 Å². The highest BCUT2D eigenvalue weighted by Gasteiger charge is 2.71. The Kier molecular flexibility index (Phi) is 9.95. The summed E-state index contributed by atoms with van der Waals surface area (Å²) in [7, 11) is 0. The average molecular weight is 789 g/mol. The van der Waals surface area contributed by atoms with Crippen molar-refractivity contribution in [1.29, 1.82) is 0 Å². The number of allylic oxidation sites excluding steroid dienone is 3. The van der Waals surface area contributed by atoms with Crippen molar-refractivity contribution in [3.63, 3.8) is 0 Å². The molecule has 2 aromatic rings. The Morgan fingerprint density at radius 3 is 2.19 bits per heavy atom. The minimum atomic E-state index is -0.884. The lowest BCUT2D eigenvalue weighted by atomic mass is 9.33. The molecule has 5 fully saturated rings. The van der Waals surface area contributed by atoms with Crippen molar-refractivity contribution in [3.8, 4) is 0 Å². The summed E-state index contributed by atoms with van der Waals surface area (Å²) in [6.07, 6.45) is 12.7. The molecule has 0 bridgehead atoms. The fraction of sp³-hybridized carbons (Fsp3) is 0.627. The summed E-state index contributed by atoms with van der Waals surface area (Å²) in [5, 5.41) is 16.4. The van der Waals surface area contributed by atoms with Gasteiger partial charge in [0.1, 0.15) is 6.61 Å². The number of benzene rings is 2. The topological polar surface area (TPSA) is 105 Å². The van der Waals surface area contributed by atoms with Crippen LogP contribution in [0.3, 0.4) is 0 Å². The monoisotopic (exact) mass is 789 g/mol. The molecular formula is C51H68N2O5. The van der Waals surface area contributed by atoms with Crippen LogP contribution in [0.5, 0.6) is 0 Å². The molecule has 0 saturated heterocycles. The van der Waals surface area contributed by atoms with Gasteiger partial charge in [-0.05, 0) is 157 Å². The fourth-order valence-electron chi connectivity index (χ4n) is 15.1. The number of aromatic carboxylic acids is 1. The Morgan fingerprint density at radius 1 is 0.828 bits per heavy atom. The zero-order valence-electron chi connectivity index (χ0n) is 36.4. The maximum absolute atomic E-state index is 14.5. The molecule has 0 aliphatic heterocycles. The minimum Gasteiger partial charge on any atom is -0.478 e. The third-order valence-electron chi connectivity index (χ3n) is 18.5. The fourth-order valence-corrected chi connectivity index (χ4v) is 15.1. The van der Waals surface area contributed by atoms with Crippen LogP contribution in [0.25, 0.3) is 5.57 Å². The molecule has 11 atom stereocenters. The van der Waals surface area contributed by atoms with Gasteiger partial charge in [0, 0.05) is 17.5 Å². The summed E-state index contributed by atoms with van der Waals surface area (Å²) in [5.41, 5.74) is 4.88. The van der Waals surface area contributed by atoms with E-state index < -0.39 is 12.1 Å². The Labute approximate surface area is 347 Å². The molecule has 6 aliphatic rings. The van der Waals surface area contributed by atoms with Crippen LogP contribution in [0.1, 0.15) is 141 Å². The third kappa shape index (κ3) is 6.13. The van der Waals surface area contributed by atoms with Gasteiger partial charge in [-0.1, -0.05) is 109 Å². The molecule has 0 unspecified atom stereocenters. The second-order valence-corrected chi connectivity index (χ2v) is 21.6. The van der Waals surface area contributed by atoms with Gasteiger partial charge in [-0.3, -0.25) is 4.79 Å². The molecule has 3 N–H and O–H groups in total. The molecule has 6 aliphatic carbocycles. The van der Waals surface area contributed by atoms with Crippen LogP contribution in [0.4, 0.5) is 4.79 Å². The molecule has 312 valence electrons. The van der Waals surface area contributed by atoms with Crippen molar-refractivity contribution in [2.75, 3.05) is 0 Å². The van der Waals surface area contributed by atoms with Crippen molar-refractivity contribution in [3.05, 3.63) is 89.5 Å². The number of alkyl carbamates (subject to hydrolysis) is 1. The number of hydrogen-bond donors (Lipinski definition) is 3. The lowest BCUT2D eigenvalue weighted by Crippen LogP contribution is -2.70. The highest BCUT2D eigenvalue weighted by molar-refractivity contribution is 5.88. The zero-order valence-corrected chi connectivity index (χ0v) is 36.4. The first-order valence-electron chi connectivity index (χ1n) is 22.3. The Balaban J connectivity index is 1.00. The quantitative estimate of drug-likeness (QED) is 0.231. The van der Waals surface area contributed by atoms with Crippen LogP contribution >= 0.6 is 0 Å². The van der Waals surface area contributed by atoms with Gasteiger partial charge in [0.15, 0.2) is 0 Å². The molecule has 7 heteroatoms. The molecule has 58 heavy (non-hydrogen) atoms. The maximum atomic E-state index is 14.5. The van der Waals surface area contributed by atoms with Crippen molar-refractivity contribution < 1.29 is 24.2 Å². The second-order valence-electron chi connectivity index (χ2n) is 21.6. The Bertz CT molecular complexity index is 2000. The highest BCUT2D eigenvalue weighted by Crippen LogP contribution is 2.76. The maximum Gasteiger partial charge on any atom is 0.407 e. The van der Waals surface area contributed by atoms with Crippen LogP contribution in [-0.2, 0) is 16.1 Å². The molecule has 5 saturated carbocycles. The van der Waals surface area contributed by atoms with Crippen LogP contribution in [0.15, 0.2) is 72.8 Å². The molecule has 0 spiro atoms. The minimum absolute atomic E-state index is 0.0361.